The van der Waals surface area contributed by atoms with Crippen LogP contribution in [0.1, 0.15) is 13.3 Å². The summed E-state index contributed by atoms with van der Waals surface area (Å²) in [5.41, 5.74) is 1.04. The van der Waals surface area contributed by atoms with Crippen molar-refractivity contribution in [3.05, 3.63) is 16.6 Å². The van der Waals surface area contributed by atoms with Crippen LogP contribution in [-0.2, 0) is 0 Å². The van der Waals surface area contributed by atoms with Gasteiger partial charge in [0.25, 0.3) is 0 Å². The molecule has 1 aromatic rings. The molecule has 4 heteroatoms. The van der Waals surface area contributed by atoms with Crippen LogP contribution in [0.3, 0.4) is 0 Å². The molecule has 2 rings (SSSR count). The number of hydrogen-bond donors (Lipinski definition) is 0. The predicted octanol–water partition coefficient (Wildman–Crippen LogP) is 4.29. The second-order valence-corrected chi connectivity index (χ2v) is 5.63. The first-order valence-corrected chi connectivity index (χ1v) is 7.07. The van der Waals surface area contributed by atoms with Crippen LogP contribution in [0, 0.1) is 5.92 Å². The second kappa shape index (κ2) is 5.23. The van der Waals surface area contributed by atoms with Crippen LogP contribution in [0.25, 0.3) is 0 Å². The summed E-state index contributed by atoms with van der Waals surface area (Å²) in [6, 6.07) is 4.08. The van der Waals surface area contributed by atoms with Crippen molar-refractivity contribution in [3.63, 3.8) is 0 Å². The lowest BCUT2D eigenvalue weighted by atomic mass is 10.1. The van der Waals surface area contributed by atoms with Crippen molar-refractivity contribution in [1.29, 1.82) is 0 Å². The van der Waals surface area contributed by atoms with Gasteiger partial charge in [0, 0.05) is 22.8 Å². The number of halogens is 1. The van der Waals surface area contributed by atoms with E-state index in [1.807, 2.05) is 17.8 Å². The minimum atomic E-state index is 0.571. The van der Waals surface area contributed by atoms with Crippen LogP contribution in [0.15, 0.2) is 26.5 Å². The van der Waals surface area contributed by atoms with Crippen molar-refractivity contribution in [3.8, 4) is 5.75 Å². The lowest BCUT2D eigenvalue weighted by Gasteiger charge is -2.08. The smallest absolute Gasteiger partial charge is 0.134 e. The summed E-state index contributed by atoms with van der Waals surface area (Å²) in [7, 11) is 1.69. The number of thioether (sulfide) groups is 1. The molecular formula is C12H14BrNOS. The Labute approximate surface area is 109 Å². The maximum atomic E-state index is 5.29. The van der Waals surface area contributed by atoms with Gasteiger partial charge in [-0.15, -0.1) is 11.8 Å². The topological polar surface area (TPSA) is 21.6 Å². The lowest BCUT2D eigenvalue weighted by molar-refractivity contribution is 0.411. The first kappa shape index (κ1) is 12.0. The van der Waals surface area contributed by atoms with Gasteiger partial charge < -0.3 is 4.74 Å². The Bertz CT molecular complexity index is 420. The fourth-order valence-corrected chi connectivity index (χ4v) is 3.20. The van der Waals surface area contributed by atoms with E-state index in [-0.39, 0.29) is 0 Å². The monoisotopic (exact) mass is 299 g/mol. The van der Waals surface area contributed by atoms with E-state index < -0.39 is 0 Å². The van der Waals surface area contributed by atoms with E-state index in [1.165, 1.54) is 4.90 Å². The maximum Gasteiger partial charge on any atom is 0.134 e. The SMILES string of the molecule is CCC1C=Nc2cc(Br)c(OC)cc2SC1. The van der Waals surface area contributed by atoms with Crippen molar-refractivity contribution in [1.82, 2.24) is 0 Å². The van der Waals surface area contributed by atoms with E-state index in [4.69, 9.17) is 4.74 Å². The van der Waals surface area contributed by atoms with Gasteiger partial charge in [-0.2, -0.15) is 0 Å². The zero-order valence-electron chi connectivity index (χ0n) is 9.37. The first-order valence-electron chi connectivity index (χ1n) is 5.29. The number of rotatable bonds is 2. The normalized spacial score (nSPS) is 19.1. The Morgan fingerprint density at radius 3 is 3.06 bits per heavy atom. The number of nitrogens with zero attached hydrogens (tertiary/aromatic N) is 1. The number of ether oxygens (including phenoxy) is 1. The molecule has 0 N–H and O–H groups in total. The molecular weight excluding hydrogens is 286 g/mol. The Balaban J connectivity index is 2.37. The minimum Gasteiger partial charge on any atom is -0.496 e. The zero-order valence-corrected chi connectivity index (χ0v) is 11.8. The predicted molar refractivity (Wildman–Crippen MR) is 73.4 cm³/mol. The van der Waals surface area contributed by atoms with Gasteiger partial charge in [0.1, 0.15) is 5.75 Å². The van der Waals surface area contributed by atoms with Crippen LogP contribution >= 0.6 is 27.7 Å². The van der Waals surface area contributed by atoms with Gasteiger partial charge in [-0.05, 0) is 34.5 Å². The van der Waals surface area contributed by atoms with Gasteiger partial charge in [0.2, 0.25) is 0 Å². The van der Waals surface area contributed by atoms with Crippen LogP contribution < -0.4 is 4.74 Å². The van der Waals surface area contributed by atoms with E-state index in [2.05, 4.69) is 40.1 Å². The van der Waals surface area contributed by atoms with Crippen molar-refractivity contribution in [2.45, 2.75) is 18.2 Å². The highest BCUT2D eigenvalue weighted by molar-refractivity contribution is 9.10. The third kappa shape index (κ3) is 2.43. The molecule has 1 aliphatic heterocycles. The number of fused-ring (bicyclic) bond motifs is 1. The van der Waals surface area contributed by atoms with Gasteiger partial charge in [-0.3, -0.25) is 4.99 Å². The van der Waals surface area contributed by atoms with Gasteiger partial charge in [0.05, 0.1) is 17.3 Å². The number of aliphatic imine (C=N–C) groups is 1. The highest BCUT2D eigenvalue weighted by Gasteiger charge is 2.14. The van der Waals surface area contributed by atoms with Gasteiger partial charge in [-0.25, -0.2) is 0 Å². The fourth-order valence-electron chi connectivity index (χ4n) is 1.55. The largest absolute Gasteiger partial charge is 0.496 e. The van der Waals surface area contributed by atoms with Crippen molar-refractivity contribution >= 4 is 39.6 Å². The number of hydrogen-bond acceptors (Lipinski definition) is 3. The number of benzene rings is 1. The van der Waals surface area contributed by atoms with Crippen LogP contribution in [0.2, 0.25) is 0 Å². The molecule has 0 fully saturated rings. The third-order valence-electron chi connectivity index (χ3n) is 2.64. The highest BCUT2D eigenvalue weighted by atomic mass is 79.9. The summed E-state index contributed by atoms with van der Waals surface area (Å²) in [6.45, 7) is 2.20. The molecule has 0 radical (unpaired) electrons. The summed E-state index contributed by atoms with van der Waals surface area (Å²) in [4.78, 5) is 5.75. The summed E-state index contributed by atoms with van der Waals surface area (Å²) in [5.74, 6) is 2.54. The quantitative estimate of drug-likeness (QED) is 0.812. The standard InChI is InChI=1S/C12H14BrNOS/c1-3-8-6-14-10-4-9(13)11(15-2)5-12(10)16-7-8/h4-6,8H,3,7H2,1-2H3. The van der Waals surface area contributed by atoms with E-state index in [0.29, 0.717) is 5.92 Å². The van der Waals surface area contributed by atoms with E-state index in [0.717, 1.165) is 28.1 Å². The summed E-state index contributed by atoms with van der Waals surface area (Å²) < 4.78 is 6.25. The molecule has 86 valence electrons. The molecule has 0 spiro atoms. The van der Waals surface area contributed by atoms with Gasteiger partial charge >= 0.3 is 0 Å². The molecule has 1 heterocycles. The molecule has 0 bridgehead atoms. The highest BCUT2D eigenvalue weighted by Crippen LogP contribution is 2.40. The van der Waals surface area contributed by atoms with E-state index >= 15 is 0 Å². The first-order chi connectivity index (χ1) is 7.74. The average Bonchev–Trinajstić information content (AvgIpc) is 2.49. The zero-order chi connectivity index (χ0) is 11.5. The molecule has 1 aliphatic rings. The Morgan fingerprint density at radius 2 is 2.38 bits per heavy atom. The number of methoxy groups -OCH3 is 1. The van der Waals surface area contributed by atoms with Crippen molar-refractivity contribution < 1.29 is 4.74 Å². The van der Waals surface area contributed by atoms with Crippen LogP contribution in [0.4, 0.5) is 5.69 Å². The molecule has 1 aromatic carbocycles. The summed E-state index contributed by atoms with van der Waals surface area (Å²) in [5, 5.41) is 0. The Hall–Kier alpha value is -0.480. The summed E-state index contributed by atoms with van der Waals surface area (Å²) >= 11 is 5.34. The van der Waals surface area contributed by atoms with E-state index in [1.54, 1.807) is 7.11 Å². The fraction of sp³-hybridized carbons (Fsp3) is 0.417. The minimum absolute atomic E-state index is 0.571. The molecule has 1 atom stereocenters. The molecule has 0 aliphatic carbocycles. The van der Waals surface area contributed by atoms with Crippen molar-refractivity contribution in [2.24, 2.45) is 10.9 Å². The lowest BCUT2D eigenvalue weighted by Crippen LogP contribution is -2.01. The Morgan fingerprint density at radius 1 is 1.56 bits per heavy atom. The van der Waals surface area contributed by atoms with E-state index in [9.17, 15) is 0 Å². The molecule has 2 nitrogen and oxygen atoms in total. The Kier molecular flexibility index (Phi) is 3.92. The van der Waals surface area contributed by atoms with Gasteiger partial charge in [0.15, 0.2) is 0 Å². The molecule has 1 unspecified atom stereocenters. The molecule has 0 aromatic heterocycles. The third-order valence-corrected chi connectivity index (χ3v) is 4.49. The van der Waals surface area contributed by atoms with Crippen molar-refractivity contribution in [2.75, 3.05) is 12.9 Å². The molecule has 16 heavy (non-hydrogen) atoms. The molecule has 0 amide bonds. The average molecular weight is 300 g/mol. The maximum absolute atomic E-state index is 5.29. The summed E-state index contributed by atoms with van der Waals surface area (Å²) in [6.07, 6.45) is 3.21. The van der Waals surface area contributed by atoms with Gasteiger partial charge in [-0.1, -0.05) is 6.92 Å². The van der Waals surface area contributed by atoms with Crippen LogP contribution in [-0.4, -0.2) is 19.1 Å². The molecule has 0 saturated heterocycles. The second-order valence-electron chi connectivity index (χ2n) is 3.71. The van der Waals surface area contributed by atoms with Crippen LogP contribution in [0.5, 0.6) is 5.75 Å². The molecule has 0 saturated carbocycles.